The number of hydrogen-bond donors (Lipinski definition) is 0. The summed E-state index contributed by atoms with van der Waals surface area (Å²) in [7, 11) is 0. The van der Waals surface area contributed by atoms with Crippen molar-refractivity contribution in [3.8, 4) is 0 Å². The molecule has 1 rings (SSSR count). The molecule has 0 spiro atoms. The normalized spacial score (nSPS) is 17.3. The van der Waals surface area contributed by atoms with E-state index < -0.39 is 0 Å². The summed E-state index contributed by atoms with van der Waals surface area (Å²) in [5.74, 6) is 0. The molecule has 0 nitrogen and oxygen atoms in total. The minimum absolute atomic E-state index is 0.599. The summed E-state index contributed by atoms with van der Waals surface area (Å²) >= 11 is 0. The van der Waals surface area contributed by atoms with Crippen LogP contribution in [0.1, 0.15) is 207 Å². The van der Waals surface area contributed by atoms with Gasteiger partial charge in [0.05, 0.1) is 0 Å². The highest BCUT2D eigenvalue weighted by atomic mass is 14.5. The molecule has 0 radical (unpaired) electrons. The molecule has 1 saturated carbocycles. The first-order valence-corrected chi connectivity index (χ1v) is 16.6. The van der Waals surface area contributed by atoms with Gasteiger partial charge in [-0.25, -0.2) is 0 Å². The van der Waals surface area contributed by atoms with Gasteiger partial charge in [-0.1, -0.05) is 182 Å². The summed E-state index contributed by atoms with van der Waals surface area (Å²) in [6.45, 7) is 9.99. The Labute approximate surface area is 218 Å². The van der Waals surface area contributed by atoms with Crippen LogP contribution >= 0.6 is 0 Å². The van der Waals surface area contributed by atoms with Gasteiger partial charge in [-0.2, -0.15) is 0 Å². The lowest BCUT2D eigenvalue weighted by atomic mass is 9.60. The molecule has 0 aromatic heterocycles. The molecule has 1 unspecified atom stereocenters. The summed E-state index contributed by atoms with van der Waals surface area (Å²) in [4.78, 5) is 0. The van der Waals surface area contributed by atoms with Gasteiger partial charge in [-0.3, -0.25) is 0 Å². The Hall–Kier alpha value is 0. The second kappa shape index (κ2) is 21.1. The molecule has 1 aliphatic carbocycles. The highest BCUT2D eigenvalue weighted by Gasteiger charge is 2.44. The van der Waals surface area contributed by atoms with Crippen LogP contribution in [0.4, 0.5) is 0 Å². The topological polar surface area (TPSA) is 0 Å². The van der Waals surface area contributed by atoms with Gasteiger partial charge in [-0.15, -0.1) is 0 Å². The number of rotatable bonds is 25. The maximum absolute atomic E-state index is 2.70. The molecule has 1 fully saturated rings. The van der Waals surface area contributed by atoms with Crippen molar-refractivity contribution in [1.82, 2.24) is 0 Å². The largest absolute Gasteiger partial charge is 0.0654 e. The lowest BCUT2D eigenvalue weighted by molar-refractivity contribution is 0.0487. The predicted octanol–water partition coefficient (Wildman–Crippen LogP) is 13.0. The van der Waals surface area contributed by atoms with E-state index in [1.165, 1.54) is 180 Å². The van der Waals surface area contributed by atoms with E-state index in [1.54, 1.807) is 0 Å². The van der Waals surface area contributed by atoms with E-state index in [0.717, 1.165) is 0 Å². The fourth-order valence-corrected chi connectivity index (χ4v) is 6.85. The second-order valence-electron chi connectivity index (χ2n) is 12.9. The quantitative estimate of drug-likeness (QED) is 0.115. The minimum atomic E-state index is 0.599. The fraction of sp³-hybridized carbons (Fsp3) is 1.00. The summed E-state index contributed by atoms with van der Waals surface area (Å²) in [5, 5.41) is 0. The fourth-order valence-electron chi connectivity index (χ4n) is 6.85. The lowest BCUT2D eigenvalue weighted by Gasteiger charge is -2.45. The Bertz CT molecular complexity index is 418. The molecule has 0 heterocycles. The highest BCUT2D eigenvalue weighted by Crippen LogP contribution is 2.56. The predicted molar refractivity (Wildman–Crippen MR) is 157 cm³/mol. The minimum Gasteiger partial charge on any atom is -0.0654 e. The third-order valence-corrected chi connectivity index (χ3v) is 9.83. The molecular formula is C34H68. The molecule has 0 aliphatic heterocycles. The van der Waals surface area contributed by atoms with Crippen molar-refractivity contribution in [2.45, 2.75) is 207 Å². The standard InChI is InChI=1S/C34H68/c1-5-7-9-11-13-15-17-18-20-22-24-26-30-33(3,34(4)31-27-28-32-34)29-25-23-21-19-16-14-12-10-8-6-2/h5-32H2,1-4H3. The highest BCUT2D eigenvalue weighted by molar-refractivity contribution is 4.95. The third kappa shape index (κ3) is 14.5. The van der Waals surface area contributed by atoms with Crippen molar-refractivity contribution in [3.05, 3.63) is 0 Å². The Kier molecular flexibility index (Phi) is 19.9. The van der Waals surface area contributed by atoms with Crippen LogP contribution in [0.2, 0.25) is 0 Å². The molecule has 0 saturated heterocycles. The van der Waals surface area contributed by atoms with Crippen molar-refractivity contribution in [2.24, 2.45) is 10.8 Å². The maximum atomic E-state index is 2.70. The second-order valence-corrected chi connectivity index (χ2v) is 12.9. The average Bonchev–Trinajstić information content (AvgIpc) is 3.29. The van der Waals surface area contributed by atoms with E-state index in [1.807, 2.05) is 0 Å². The lowest BCUT2D eigenvalue weighted by Crippen LogP contribution is -2.35. The molecule has 0 aromatic rings. The zero-order valence-electron chi connectivity index (χ0n) is 24.8. The van der Waals surface area contributed by atoms with Gasteiger partial charge in [0.1, 0.15) is 0 Å². The zero-order chi connectivity index (χ0) is 24.8. The smallest absolute Gasteiger partial charge is 0.0272 e. The van der Waals surface area contributed by atoms with Gasteiger partial charge >= 0.3 is 0 Å². The molecule has 34 heavy (non-hydrogen) atoms. The van der Waals surface area contributed by atoms with Gasteiger partial charge in [-0.05, 0) is 36.5 Å². The van der Waals surface area contributed by atoms with Gasteiger partial charge < -0.3 is 0 Å². The molecule has 0 bridgehead atoms. The van der Waals surface area contributed by atoms with Gasteiger partial charge in [0.25, 0.3) is 0 Å². The number of unbranched alkanes of at least 4 members (excludes halogenated alkanes) is 20. The number of hydrogen-bond acceptors (Lipinski definition) is 0. The molecule has 0 N–H and O–H groups in total. The SMILES string of the molecule is CCCCCCCCCCCCCCC(C)(CCCCCCCCCCCC)C1(C)CCCC1. The molecule has 0 amide bonds. The Morgan fingerprint density at radius 2 is 0.706 bits per heavy atom. The summed E-state index contributed by atoms with van der Waals surface area (Å²) in [5.41, 5.74) is 1.23. The monoisotopic (exact) mass is 477 g/mol. The zero-order valence-corrected chi connectivity index (χ0v) is 24.8. The maximum Gasteiger partial charge on any atom is -0.0272 e. The van der Waals surface area contributed by atoms with Crippen molar-refractivity contribution >= 4 is 0 Å². The van der Waals surface area contributed by atoms with Crippen LogP contribution in [0.15, 0.2) is 0 Å². The Morgan fingerprint density at radius 1 is 0.441 bits per heavy atom. The van der Waals surface area contributed by atoms with Crippen LogP contribution in [0.3, 0.4) is 0 Å². The summed E-state index contributed by atoms with van der Waals surface area (Å²) < 4.78 is 0. The summed E-state index contributed by atoms with van der Waals surface area (Å²) in [6.07, 6.45) is 41.3. The van der Waals surface area contributed by atoms with Crippen LogP contribution in [0.5, 0.6) is 0 Å². The van der Waals surface area contributed by atoms with Crippen LogP contribution in [-0.4, -0.2) is 0 Å². The Morgan fingerprint density at radius 3 is 1.00 bits per heavy atom. The first-order valence-electron chi connectivity index (χ1n) is 16.6. The molecule has 1 atom stereocenters. The van der Waals surface area contributed by atoms with E-state index in [-0.39, 0.29) is 0 Å². The van der Waals surface area contributed by atoms with E-state index in [4.69, 9.17) is 0 Å². The molecular weight excluding hydrogens is 408 g/mol. The van der Waals surface area contributed by atoms with Crippen molar-refractivity contribution in [2.75, 3.05) is 0 Å². The van der Waals surface area contributed by atoms with Gasteiger partial charge in [0.15, 0.2) is 0 Å². The molecule has 204 valence electrons. The summed E-state index contributed by atoms with van der Waals surface area (Å²) in [6, 6.07) is 0. The van der Waals surface area contributed by atoms with Crippen molar-refractivity contribution in [3.63, 3.8) is 0 Å². The van der Waals surface area contributed by atoms with Gasteiger partial charge in [0.2, 0.25) is 0 Å². The van der Waals surface area contributed by atoms with Crippen LogP contribution in [-0.2, 0) is 0 Å². The first-order chi connectivity index (χ1) is 16.6. The molecule has 1 aliphatic rings. The van der Waals surface area contributed by atoms with E-state index >= 15 is 0 Å². The van der Waals surface area contributed by atoms with E-state index in [0.29, 0.717) is 10.8 Å². The third-order valence-electron chi connectivity index (χ3n) is 9.83. The molecule has 0 aromatic carbocycles. The van der Waals surface area contributed by atoms with Crippen LogP contribution in [0, 0.1) is 10.8 Å². The first kappa shape index (κ1) is 32.0. The van der Waals surface area contributed by atoms with Crippen molar-refractivity contribution in [1.29, 1.82) is 0 Å². The van der Waals surface area contributed by atoms with E-state index in [2.05, 4.69) is 27.7 Å². The Balaban J connectivity index is 2.15. The molecule has 0 heteroatoms. The van der Waals surface area contributed by atoms with Gasteiger partial charge in [0, 0.05) is 0 Å². The van der Waals surface area contributed by atoms with Crippen LogP contribution in [0.25, 0.3) is 0 Å². The average molecular weight is 477 g/mol. The van der Waals surface area contributed by atoms with Crippen molar-refractivity contribution < 1.29 is 0 Å². The van der Waals surface area contributed by atoms with E-state index in [9.17, 15) is 0 Å². The van der Waals surface area contributed by atoms with Crippen LogP contribution < -0.4 is 0 Å².